The van der Waals surface area contributed by atoms with Gasteiger partial charge in [0.2, 0.25) is 5.91 Å². The fraction of sp³-hybridized carbons (Fsp3) is 0.474. The van der Waals surface area contributed by atoms with E-state index in [0.717, 1.165) is 43.7 Å². The minimum atomic E-state index is -0.168. The average Bonchev–Trinajstić information content (AvgIpc) is 3.11. The normalized spacial score (nSPS) is 15.4. The number of anilines is 1. The van der Waals surface area contributed by atoms with Gasteiger partial charge in [0.1, 0.15) is 0 Å². The van der Waals surface area contributed by atoms with Crippen molar-refractivity contribution in [2.75, 3.05) is 18.0 Å². The molecule has 0 unspecified atom stereocenters. The second kappa shape index (κ2) is 7.62. The highest BCUT2D eigenvalue weighted by Gasteiger charge is 2.30. The van der Waals surface area contributed by atoms with Crippen LogP contribution in [0.15, 0.2) is 36.8 Å². The van der Waals surface area contributed by atoms with Crippen LogP contribution >= 0.6 is 0 Å². The molecule has 0 saturated carbocycles. The van der Waals surface area contributed by atoms with Gasteiger partial charge in [-0.1, -0.05) is 32.0 Å². The molecule has 0 saturated heterocycles. The monoisotopic (exact) mass is 326 g/mol. The van der Waals surface area contributed by atoms with Crippen LogP contribution in [0.1, 0.15) is 31.5 Å². The van der Waals surface area contributed by atoms with Gasteiger partial charge in [-0.3, -0.25) is 4.79 Å². The van der Waals surface area contributed by atoms with Crippen LogP contribution in [0.3, 0.4) is 0 Å². The lowest BCUT2D eigenvalue weighted by atomic mass is 9.97. The smallest absolute Gasteiger partial charge is 0.244 e. The number of nitrogens with zero attached hydrogens (tertiary/aromatic N) is 2. The van der Waals surface area contributed by atoms with Crippen molar-refractivity contribution < 1.29 is 4.79 Å². The maximum atomic E-state index is 13.1. The summed E-state index contributed by atoms with van der Waals surface area (Å²) < 4.78 is 0. The van der Waals surface area contributed by atoms with Crippen molar-refractivity contribution in [3.05, 3.63) is 48.0 Å². The predicted molar refractivity (Wildman–Crippen MR) is 96.0 cm³/mol. The predicted octanol–water partition coefficient (Wildman–Crippen LogP) is 2.55. The van der Waals surface area contributed by atoms with Gasteiger partial charge in [0.05, 0.1) is 12.4 Å². The van der Waals surface area contributed by atoms with Gasteiger partial charge >= 0.3 is 0 Å². The lowest BCUT2D eigenvalue weighted by Gasteiger charge is -2.34. The second-order valence-electron chi connectivity index (χ2n) is 6.72. The van der Waals surface area contributed by atoms with Crippen molar-refractivity contribution >= 4 is 11.6 Å². The van der Waals surface area contributed by atoms with Crippen LogP contribution in [0, 0.1) is 5.92 Å². The highest BCUT2D eigenvalue weighted by atomic mass is 16.2. The molecule has 1 amide bonds. The number of benzene rings is 1. The number of aromatic nitrogens is 2. The molecule has 1 aliphatic heterocycles. The van der Waals surface area contributed by atoms with E-state index in [1.165, 1.54) is 5.56 Å². The zero-order chi connectivity index (χ0) is 16.9. The molecule has 0 aliphatic carbocycles. The number of carbonyl (C=O) groups excluding carboxylic acids is 1. The SMILES string of the molecule is CC(C)[C@H](NCCc1cnc[nH]1)C(=O)N1CCCc2ccccc21. The van der Waals surface area contributed by atoms with E-state index >= 15 is 0 Å². The Hall–Kier alpha value is -2.14. The first-order valence-electron chi connectivity index (χ1n) is 8.76. The molecule has 2 heterocycles. The standard InChI is InChI=1S/C19H26N4O/c1-14(2)18(21-10-9-16-12-20-13-22-16)19(24)23-11-5-7-15-6-3-4-8-17(15)23/h3-4,6,8,12-14,18,21H,5,7,9-11H2,1-2H3,(H,20,22)/t18-/m0/s1. The van der Waals surface area contributed by atoms with Gasteiger partial charge in [-0.2, -0.15) is 0 Å². The molecule has 24 heavy (non-hydrogen) atoms. The molecule has 0 spiro atoms. The zero-order valence-electron chi connectivity index (χ0n) is 14.5. The van der Waals surface area contributed by atoms with Crippen molar-refractivity contribution in [1.29, 1.82) is 0 Å². The quantitative estimate of drug-likeness (QED) is 0.857. The number of fused-ring (bicyclic) bond motifs is 1. The van der Waals surface area contributed by atoms with Gasteiger partial charge in [-0.25, -0.2) is 4.98 Å². The van der Waals surface area contributed by atoms with E-state index < -0.39 is 0 Å². The summed E-state index contributed by atoms with van der Waals surface area (Å²) in [6, 6.07) is 8.09. The summed E-state index contributed by atoms with van der Waals surface area (Å²) in [6.07, 6.45) is 6.44. The Kier molecular flexibility index (Phi) is 5.30. The van der Waals surface area contributed by atoms with Crippen LogP contribution in [0.25, 0.3) is 0 Å². The zero-order valence-corrected chi connectivity index (χ0v) is 14.5. The number of hydrogen-bond acceptors (Lipinski definition) is 3. The highest BCUT2D eigenvalue weighted by molar-refractivity contribution is 5.98. The van der Waals surface area contributed by atoms with Crippen LogP contribution in [-0.2, 0) is 17.6 Å². The van der Waals surface area contributed by atoms with Gasteiger partial charge in [-0.15, -0.1) is 0 Å². The molecule has 2 aromatic rings. The van der Waals surface area contributed by atoms with Crippen molar-refractivity contribution in [2.45, 2.75) is 39.2 Å². The van der Waals surface area contributed by atoms with Crippen LogP contribution in [0.4, 0.5) is 5.69 Å². The minimum absolute atomic E-state index is 0.168. The molecule has 128 valence electrons. The molecular weight excluding hydrogens is 300 g/mol. The molecule has 0 bridgehead atoms. The summed E-state index contributed by atoms with van der Waals surface area (Å²) in [5.41, 5.74) is 3.44. The molecule has 5 heteroatoms. The topological polar surface area (TPSA) is 61.0 Å². The molecule has 1 atom stereocenters. The molecule has 1 aliphatic rings. The number of rotatable bonds is 6. The second-order valence-corrected chi connectivity index (χ2v) is 6.72. The van der Waals surface area contributed by atoms with Crippen LogP contribution < -0.4 is 10.2 Å². The fourth-order valence-corrected chi connectivity index (χ4v) is 3.32. The molecule has 1 aromatic carbocycles. The van der Waals surface area contributed by atoms with E-state index in [1.54, 1.807) is 6.33 Å². The van der Waals surface area contributed by atoms with Crippen molar-refractivity contribution in [3.63, 3.8) is 0 Å². The number of aromatic amines is 1. The van der Waals surface area contributed by atoms with Gasteiger partial charge in [0, 0.05) is 37.1 Å². The molecule has 3 rings (SSSR count). The Labute approximate surface area is 143 Å². The van der Waals surface area contributed by atoms with E-state index in [1.807, 2.05) is 17.2 Å². The molecular formula is C19H26N4O. The first kappa shape index (κ1) is 16.7. The van der Waals surface area contributed by atoms with Gasteiger partial charge in [-0.05, 0) is 30.4 Å². The lowest BCUT2D eigenvalue weighted by Crippen LogP contribution is -2.51. The number of amides is 1. The Balaban J connectivity index is 1.68. The number of para-hydroxylation sites is 1. The molecule has 0 fully saturated rings. The van der Waals surface area contributed by atoms with Crippen LogP contribution in [0.5, 0.6) is 0 Å². The lowest BCUT2D eigenvalue weighted by molar-refractivity contribution is -0.121. The number of H-pyrrole nitrogens is 1. The largest absolute Gasteiger partial charge is 0.348 e. The summed E-state index contributed by atoms with van der Waals surface area (Å²) in [5, 5.41) is 3.45. The number of carbonyl (C=O) groups is 1. The summed E-state index contributed by atoms with van der Waals surface area (Å²) in [6.45, 7) is 5.76. The van der Waals surface area contributed by atoms with Crippen molar-refractivity contribution in [1.82, 2.24) is 15.3 Å². The summed E-state index contributed by atoms with van der Waals surface area (Å²) in [4.78, 5) is 22.2. The Bertz CT molecular complexity index is 666. The number of imidazole rings is 1. The van der Waals surface area contributed by atoms with Gasteiger partial charge in [0.15, 0.2) is 0 Å². The Morgan fingerprint density at radius 1 is 1.38 bits per heavy atom. The maximum Gasteiger partial charge on any atom is 0.244 e. The van der Waals surface area contributed by atoms with E-state index in [9.17, 15) is 4.79 Å². The molecule has 2 N–H and O–H groups in total. The third-order valence-corrected chi connectivity index (χ3v) is 4.62. The van der Waals surface area contributed by atoms with Gasteiger partial charge < -0.3 is 15.2 Å². The first-order chi connectivity index (χ1) is 11.7. The van der Waals surface area contributed by atoms with Gasteiger partial charge in [0.25, 0.3) is 0 Å². The summed E-state index contributed by atoms with van der Waals surface area (Å²) in [7, 11) is 0. The number of nitrogens with one attached hydrogen (secondary N) is 2. The van der Waals surface area contributed by atoms with Crippen molar-refractivity contribution in [2.24, 2.45) is 5.92 Å². The first-order valence-corrected chi connectivity index (χ1v) is 8.76. The molecule has 1 aromatic heterocycles. The van der Waals surface area contributed by atoms with E-state index in [2.05, 4.69) is 47.3 Å². The Morgan fingerprint density at radius 3 is 2.96 bits per heavy atom. The maximum absolute atomic E-state index is 13.1. The minimum Gasteiger partial charge on any atom is -0.348 e. The van der Waals surface area contributed by atoms with E-state index in [0.29, 0.717) is 0 Å². The molecule has 5 nitrogen and oxygen atoms in total. The van der Waals surface area contributed by atoms with Crippen LogP contribution in [0.2, 0.25) is 0 Å². The molecule has 0 radical (unpaired) electrons. The van der Waals surface area contributed by atoms with E-state index in [4.69, 9.17) is 0 Å². The number of aryl methyl sites for hydroxylation is 1. The summed E-state index contributed by atoms with van der Waals surface area (Å²) in [5.74, 6) is 0.426. The summed E-state index contributed by atoms with van der Waals surface area (Å²) >= 11 is 0. The third kappa shape index (κ3) is 3.67. The van der Waals surface area contributed by atoms with Crippen molar-refractivity contribution in [3.8, 4) is 0 Å². The Morgan fingerprint density at radius 2 is 2.21 bits per heavy atom. The average molecular weight is 326 g/mol. The fourth-order valence-electron chi connectivity index (χ4n) is 3.32. The van der Waals surface area contributed by atoms with Crippen LogP contribution in [-0.4, -0.2) is 35.0 Å². The van der Waals surface area contributed by atoms with E-state index in [-0.39, 0.29) is 17.9 Å². The highest BCUT2D eigenvalue weighted by Crippen LogP contribution is 2.27. The third-order valence-electron chi connectivity index (χ3n) is 4.62. The number of hydrogen-bond donors (Lipinski definition) is 2.